The minimum atomic E-state index is -0.568. The third kappa shape index (κ3) is 8.74. The first-order valence-corrected chi connectivity index (χ1v) is 8.18. The molecule has 0 bridgehead atoms. The fourth-order valence-electron chi connectivity index (χ4n) is 1.92. The molecule has 3 amide bonds. The Kier molecular flexibility index (Phi) is 7.42. The Labute approximate surface area is 148 Å². The molecule has 1 aromatic carbocycles. The zero-order valence-electron chi connectivity index (χ0n) is 15.4. The average Bonchev–Trinajstić information content (AvgIpc) is 2.49. The van der Waals surface area contributed by atoms with Crippen molar-refractivity contribution in [3.63, 3.8) is 0 Å². The van der Waals surface area contributed by atoms with E-state index in [2.05, 4.69) is 16.0 Å². The zero-order valence-corrected chi connectivity index (χ0v) is 15.4. The van der Waals surface area contributed by atoms with Crippen LogP contribution in [0.25, 0.3) is 0 Å². The highest BCUT2D eigenvalue weighted by Crippen LogP contribution is 2.06. The van der Waals surface area contributed by atoms with Crippen LogP contribution in [-0.2, 0) is 16.1 Å². The normalized spacial score (nSPS) is 11.0. The lowest BCUT2D eigenvalue weighted by molar-refractivity contribution is -0.125. The molecule has 138 valence electrons. The van der Waals surface area contributed by atoms with E-state index in [9.17, 15) is 14.4 Å². The first kappa shape index (κ1) is 20.5. The topological polar surface area (TPSA) is 96.5 Å². The molecule has 0 aliphatic rings. The van der Waals surface area contributed by atoms with Crippen LogP contribution >= 0.6 is 0 Å². The van der Waals surface area contributed by atoms with E-state index in [4.69, 9.17) is 4.74 Å². The SMILES string of the molecule is CC(C)NC(=O)NCc1ccc(C(=O)OCC(=O)NC(C)(C)C)cc1. The summed E-state index contributed by atoms with van der Waals surface area (Å²) < 4.78 is 4.99. The van der Waals surface area contributed by atoms with E-state index in [0.29, 0.717) is 12.1 Å². The summed E-state index contributed by atoms with van der Waals surface area (Å²) in [5, 5.41) is 8.16. The number of urea groups is 1. The Bertz CT molecular complexity index is 604. The first-order valence-electron chi connectivity index (χ1n) is 8.18. The lowest BCUT2D eigenvalue weighted by Gasteiger charge is -2.20. The largest absolute Gasteiger partial charge is 0.452 e. The highest BCUT2D eigenvalue weighted by Gasteiger charge is 2.16. The molecule has 7 heteroatoms. The van der Waals surface area contributed by atoms with Crippen LogP contribution in [0.3, 0.4) is 0 Å². The molecule has 7 nitrogen and oxygen atoms in total. The molecule has 1 aromatic rings. The molecule has 25 heavy (non-hydrogen) atoms. The summed E-state index contributed by atoms with van der Waals surface area (Å²) in [6.45, 7) is 9.32. The van der Waals surface area contributed by atoms with Crippen molar-refractivity contribution in [3.8, 4) is 0 Å². The molecule has 0 aliphatic carbocycles. The van der Waals surface area contributed by atoms with Crippen LogP contribution in [0.2, 0.25) is 0 Å². The molecule has 0 spiro atoms. The average molecular weight is 349 g/mol. The molecule has 0 aromatic heterocycles. The number of rotatable bonds is 6. The predicted octanol–water partition coefficient (Wildman–Crippen LogP) is 1.97. The summed E-state index contributed by atoms with van der Waals surface area (Å²) >= 11 is 0. The van der Waals surface area contributed by atoms with Crippen LogP contribution in [0.5, 0.6) is 0 Å². The number of hydrogen-bond acceptors (Lipinski definition) is 4. The molecule has 0 fully saturated rings. The van der Waals surface area contributed by atoms with Crippen LogP contribution in [0.4, 0.5) is 4.79 Å². The molecule has 0 aliphatic heterocycles. The zero-order chi connectivity index (χ0) is 19.0. The smallest absolute Gasteiger partial charge is 0.338 e. The Morgan fingerprint density at radius 2 is 1.68 bits per heavy atom. The lowest BCUT2D eigenvalue weighted by Crippen LogP contribution is -2.42. The third-order valence-electron chi connectivity index (χ3n) is 2.91. The molecule has 0 heterocycles. The van der Waals surface area contributed by atoms with Crippen molar-refractivity contribution in [3.05, 3.63) is 35.4 Å². The van der Waals surface area contributed by atoms with Gasteiger partial charge in [0.2, 0.25) is 0 Å². The van der Waals surface area contributed by atoms with Crippen molar-refractivity contribution >= 4 is 17.9 Å². The molecule has 0 radical (unpaired) electrons. The van der Waals surface area contributed by atoms with Crippen LogP contribution in [0.1, 0.15) is 50.5 Å². The van der Waals surface area contributed by atoms with E-state index in [1.165, 1.54) is 0 Å². The van der Waals surface area contributed by atoms with E-state index in [1.807, 2.05) is 34.6 Å². The highest BCUT2D eigenvalue weighted by atomic mass is 16.5. The molecule has 3 N–H and O–H groups in total. The van der Waals surface area contributed by atoms with Crippen molar-refractivity contribution in [2.24, 2.45) is 0 Å². The minimum Gasteiger partial charge on any atom is -0.452 e. The van der Waals surface area contributed by atoms with Gasteiger partial charge in [-0.15, -0.1) is 0 Å². The standard InChI is InChI=1S/C18H27N3O4/c1-12(2)20-17(24)19-10-13-6-8-14(9-7-13)16(23)25-11-15(22)21-18(3,4)5/h6-9,12H,10-11H2,1-5H3,(H,21,22)(H2,19,20,24). The summed E-state index contributed by atoms with van der Waals surface area (Å²) in [6.07, 6.45) is 0. The quantitative estimate of drug-likeness (QED) is 0.684. The van der Waals surface area contributed by atoms with E-state index >= 15 is 0 Å². The van der Waals surface area contributed by atoms with Crippen molar-refractivity contribution in [2.75, 3.05) is 6.61 Å². The van der Waals surface area contributed by atoms with E-state index < -0.39 is 5.97 Å². The van der Waals surface area contributed by atoms with Crippen LogP contribution in [0.15, 0.2) is 24.3 Å². The van der Waals surface area contributed by atoms with Crippen molar-refractivity contribution in [1.29, 1.82) is 0 Å². The Morgan fingerprint density at radius 3 is 2.20 bits per heavy atom. The second-order valence-corrected chi connectivity index (χ2v) is 7.05. The fourth-order valence-corrected chi connectivity index (χ4v) is 1.92. The van der Waals surface area contributed by atoms with Crippen molar-refractivity contribution in [1.82, 2.24) is 16.0 Å². The molecular weight excluding hydrogens is 322 g/mol. The molecule has 0 saturated carbocycles. The van der Waals surface area contributed by atoms with Gasteiger partial charge in [0.25, 0.3) is 5.91 Å². The van der Waals surface area contributed by atoms with Gasteiger partial charge in [0.05, 0.1) is 5.56 Å². The number of amides is 3. The summed E-state index contributed by atoms with van der Waals surface area (Å²) in [5.74, 6) is -0.918. The molecule has 0 saturated heterocycles. The van der Waals surface area contributed by atoms with Gasteiger partial charge in [-0.05, 0) is 52.3 Å². The number of nitrogens with one attached hydrogen (secondary N) is 3. The van der Waals surface area contributed by atoms with E-state index in [1.54, 1.807) is 24.3 Å². The molecular formula is C18H27N3O4. The maximum absolute atomic E-state index is 11.9. The Hall–Kier alpha value is -2.57. The summed E-state index contributed by atoms with van der Waals surface area (Å²) in [5.41, 5.74) is 0.819. The molecule has 0 unspecified atom stereocenters. The van der Waals surface area contributed by atoms with Gasteiger partial charge >= 0.3 is 12.0 Å². The number of benzene rings is 1. The first-order chi connectivity index (χ1) is 11.6. The fraction of sp³-hybridized carbons (Fsp3) is 0.500. The second-order valence-electron chi connectivity index (χ2n) is 7.05. The number of carbonyl (C=O) groups is 3. The Balaban J connectivity index is 2.46. The maximum atomic E-state index is 11.9. The minimum absolute atomic E-state index is 0.0626. The monoisotopic (exact) mass is 349 g/mol. The summed E-state index contributed by atoms with van der Waals surface area (Å²) in [6, 6.07) is 6.46. The van der Waals surface area contributed by atoms with Gasteiger partial charge in [-0.25, -0.2) is 9.59 Å². The van der Waals surface area contributed by atoms with Crippen LogP contribution in [-0.4, -0.2) is 36.1 Å². The van der Waals surface area contributed by atoms with Crippen molar-refractivity contribution < 1.29 is 19.1 Å². The van der Waals surface area contributed by atoms with Gasteiger partial charge in [0.1, 0.15) is 0 Å². The maximum Gasteiger partial charge on any atom is 0.338 e. The van der Waals surface area contributed by atoms with Gasteiger partial charge < -0.3 is 20.7 Å². The van der Waals surface area contributed by atoms with Gasteiger partial charge in [-0.2, -0.15) is 0 Å². The predicted molar refractivity (Wildman–Crippen MR) is 95.1 cm³/mol. The summed E-state index contributed by atoms with van der Waals surface area (Å²) in [7, 11) is 0. The third-order valence-corrected chi connectivity index (χ3v) is 2.91. The number of carbonyl (C=O) groups excluding carboxylic acids is 3. The Morgan fingerprint density at radius 1 is 1.08 bits per heavy atom. The van der Waals surface area contributed by atoms with Gasteiger partial charge in [-0.1, -0.05) is 12.1 Å². The van der Waals surface area contributed by atoms with Gasteiger partial charge in [-0.3, -0.25) is 4.79 Å². The second kappa shape index (κ2) is 9.05. The number of hydrogen-bond donors (Lipinski definition) is 3. The molecule has 0 atom stereocenters. The molecule has 1 rings (SSSR count). The van der Waals surface area contributed by atoms with Gasteiger partial charge in [0.15, 0.2) is 6.61 Å². The number of ether oxygens (including phenoxy) is 1. The van der Waals surface area contributed by atoms with Crippen LogP contribution in [0, 0.1) is 0 Å². The lowest BCUT2D eigenvalue weighted by atomic mass is 10.1. The number of esters is 1. The highest BCUT2D eigenvalue weighted by molar-refractivity contribution is 5.91. The van der Waals surface area contributed by atoms with Crippen LogP contribution < -0.4 is 16.0 Å². The van der Waals surface area contributed by atoms with E-state index in [-0.39, 0.29) is 30.1 Å². The van der Waals surface area contributed by atoms with Gasteiger partial charge in [0, 0.05) is 18.1 Å². The van der Waals surface area contributed by atoms with E-state index in [0.717, 1.165) is 5.56 Å². The van der Waals surface area contributed by atoms with Crippen molar-refractivity contribution in [2.45, 2.75) is 52.7 Å². The summed E-state index contributed by atoms with van der Waals surface area (Å²) in [4.78, 5) is 35.1.